The van der Waals surface area contributed by atoms with Crippen molar-refractivity contribution in [1.29, 1.82) is 0 Å². The van der Waals surface area contributed by atoms with Crippen molar-refractivity contribution in [3.05, 3.63) is 23.3 Å². The molecule has 0 atom stereocenters. The summed E-state index contributed by atoms with van der Waals surface area (Å²) in [7, 11) is 8.32. The Morgan fingerprint density at radius 2 is 1.00 bits per heavy atom. The molecule has 0 radical (unpaired) electrons. The zero-order valence-corrected chi connectivity index (χ0v) is 10.0. The first-order valence-corrected chi connectivity index (χ1v) is 4.89. The Bertz CT molecular complexity index is 294. The first-order chi connectivity index (χ1) is 6.43. The highest BCUT2D eigenvalue weighted by Gasteiger charge is 2.08. The molecule has 78 valence electrons. The second-order valence-corrected chi connectivity index (χ2v) is 4.21. The van der Waals surface area contributed by atoms with Gasteiger partial charge in [0.2, 0.25) is 0 Å². The molecule has 14 heavy (non-hydrogen) atoms. The van der Waals surface area contributed by atoms with Crippen LogP contribution in [0, 0.1) is 13.8 Å². The standard InChI is InChI=1S/C12H20N2/c1-9-7-11(13(3)4)12(14(5)6)8-10(9)2/h7-8H,1-6H3. The summed E-state index contributed by atoms with van der Waals surface area (Å²) in [5.41, 5.74) is 5.25. The van der Waals surface area contributed by atoms with Crippen LogP contribution in [-0.2, 0) is 0 Å². The van der Waals surface area contributed by atoms with Gasteiger partial charge in [0.15, 0.2) is 0 Å². The van der Waals surface area contributed by atoms with Gasteiger partial charge in [0.1, 0.15) is 0 Å². The van der Waals surface area contributed by atoms with Crippen LogP contribution in [0.1, 0.15) is 11.1 Å². The van der Waals surface area contributed by atoms with E-state index in [1.54, 1.807) is 0 Å². The lowest BCUT2D eigenvalue weighted by atomic mass is 10.1. The summed E-state index contributed by atoms with van der Waals surface area (Å²) in [5.74, 6) is 0. The topological polar surface area (TPSA) is 6.48 Å². The molecule has 0 amide bonds. The number of nitrogens with zero attached hydrogens (tertiary/aromatic N) is 2. The van der Waals surface area contributed by atoms with Gasteiger partial charge in [0, 0.05) is 28.2 Å². The summed E-state index contributed by atoms with van der Waals surface area (Å²) in [6.45, 7) is 4.31. The van der Waals surface area contributed by atoms with E-state index in [9.17, 15) is 0 Å². The van der Waals surface area contributed by atoms with E-state index in [1.165, 1.54) is 22.5 Å². The average Bonchev–Trinajstić information content (AvgIpc) is 2.08. The van der Waals surface area contributed by atoms with E-state index in [0.717, 1.165) is 0 Å². The Morgan fingerprint density at radius 3 is 1.21 bits per heavy atom. The summed E-state index contributed by atoms with van der Waals surface area (Å²) in [4.78, 5) is 4.31. The highest BCUT2D eigenvalue weighted by atomic mass is 15.1. The van der Waals surface area contributed by atoms with Crippen LogP contribution in [0.25, 0.3) is 0 Å². The van der Waals surface area contributed by atoms with Crippen molar-refractivity contribution in [3.8, 4) is 0 Å². The van der Waals surface area contributed by atoms with Gasteiger partial charge in [-0.3, -0.25) is 0 Å². The SMILES string of the molecule is Cc1cc(N(C)C)c(N(C)C)cc1C. The van der Waals surface area contributed by atoms with Crippen molar-refractivity contribution >= 4 is 11.4 Å². The quantitative estimate of drug-likeness (QED) is 0.710. The molecule has 0 aliphatic carbocycles. The van der Waals surface area contributed by atoms with Crippen LogP contribution >= 0.6 is 0 Å². The molecule has 2 heteroatoms. The minimum absolute atomic E-state index is 1.28. The van der Waals surface area contributed by atoms with Crippen molar-refractivity contribution in [2.45, 2.75) is 13.8 Å². The van der Waals surface area contributed by atoms with Gasteiger partial charge in [-0.2, -0.15) is 0 Å². The number of hydrogen-bond donors (Lipinski definition) is 0. The first kappa shape index (κ1) is 10.9. The highest BCUT2D eigenvalue weighted by Crippen LogP contribution is 2.29. The molecule has 1 aromatic carbocycles. The van der Waals surface area contributed by atoms with E-state index < -0.39 is 0 Å². The van der Waals surface area contributed by atoms with E-state index in [2.05, 4.69) is 64.0 Å². The smallest absolute Gasteiger partial charge is 0.0601 e. The monoisotopic (exact) mass is 192 g/mol. The van der Waals surface area contributed by atoms with Crippen molar-refractivity contribution < 1.29 is 0 Å². The van der Waals surface area contributed by atoms with Crippen LogP contribution in [-0.4, -0.2) is 28.2 Å². The van der Waals surface area contributed by atoms with Crippen LogP contribution in [0.4, 0.5) is 11.4 Å². The minimum Gasteiger partial charge on any atom is -0.376 e. The third kappa shape index (κ3) is 2.00. The van der Waals surface area contributed by atoms with Crippen LogP contribution < -0.4 is 9.80 Å². The number of rotatable bonds is 2. The molecular weight excluding hydrogens is 172 g/mol. The van der Waals surface area contributed by atoms with Gasteiger partial charge in [0.05, 0.1) is 11.4 Å². The number of benzene rings is 1. The fraction of sp³-hybridized carbons (Fsp3) is 0.500. The van der Waals surface area contributed by atoms with Crippen molar-refractivity contribution in [2.24, 2.45) is 0 Å². The first-order valence-electron chi connectivity index (χ1n) is 4.89. The van der Waals surface area contributed by atoms with E-state index in [0.29, 0.717) is 0 Å². The lowest BCUT2D eigenvalue weighted by molar-refractivity contribution is 1.07. The van der Waals surface area contributed by atoms with Crippen molar-refractivity contribution in [1.82, 2.24) is 0 Å². The van der Waals surface area contributed by atoms with Crippen LogP contribution in [0.3, 0.4) is 0 Å². The fourth-order valence-electron chi connectivity index (χ4n) is 1.50. The van der Waals surface area contributed by atoms with E-state index in [-0.39, 0.29) is 0 Å². The molecule has 0 unspecified atom stereocenters. The van der Waals surface area contributed by atoms with Crippen molar-refractivity contribution in [2.75, 3.05) is 38.0 Å². The summed E-state index contributed by atoms with van der Waals surface area (Å²) in [6.07, 6.45) is 0. The zero-order chi connectivity index (χ0) is 10.9. The van der Waals surface area contributed by atoms with Crippen LogP contribution in [0.5, 0.6) is 0 Å². The molecule has 0 aliphatic rings. The Hall–Kier alpha value is -1.18. The zero-order valence-electron chi connectivity index (χ0n) is 10.0. The number of anilines is 2. The molecule has 0 saturated carbocycles. The van der Waals surface area contributed by atoms with Gasteiger partial charge in [-0.15, -0.1) is 0 Å². The van der Waals surface area contributed by atoms with Gasteiger partial charge >= 0.3 is 0 Å². The third-order valence-corrected chi connectivity index (χ3v) is 2.55. The van der Waals surface area contributed by atoms with Crippen molar-refractivity contribution in [3.63, 3.8) is 0 Å². The fourth-order valence-corrected chi connectivity index (χ4v) is 1.50. The maximum absolute atomic E-state index is 2.24. The van der Waals surface area contributed by atoms with Gasteiger partial charge in [-0.1, -0.05) is 0 Å². The Labute approximate surface area is 87.1 Å². The van der Waals surface area contributed by atoms with Gasteiger partial charge in [-0.05, 0) is 37.1 Å². The maximum Gasteiger partial charge on any atom is 0.0601 e. The summed E-state index contributed by atoms with van der Waals surface area (Å²) >= 11 is 0. The lowest BCUT2D eigenvalue weighted by Gasteiger charge is -2.24. The van der Waals surface area contributed by atoms with Gasteiger partial charge in [0.25, 0.3) is 0 Å². The van der Waals surface area contributed by atoms with Crippen LogP contribution in [0.15, 0.2) is 12.1 Å². The normalized spacial score (nSPS) is 10.1. The Morgan fingerprint density at radius 1 is 0.714 bits per heavy atom. The third-order valence-electron chi connectivity index (χ3n) is 2.55. The molecule has 0 heterocycles. The average molecular weight is 192 g/mol. The highest BCUT2D eigenvalue weighted by molar-refractivity contribution is 5.72. The molecule has 0 N–H and O–H groups in total. The molecule has 0 aliphatic heterocycles. The molecule has 0 spiro atoms. The van der Waals surface area contributed by atoms with Gasteiger partial charge < -0.3 is 9.80 Å². The minimum atomic E-state index is 1.28. The summed E-state index contributed by atoms with van der Waals surface area (Å²) in [6, 6.07) is 4.48. The lowest BCUT2D eigenvalue weighted by Crippen LogP contribution is -2.17. The molecule has 0 saturated heterocycles. The molecule has 0 bridgehead atoms. The molecule has 1 aromatic rings. The Kier molecular flexibility index (Phi) is 3.04. The predicted octanol–water partition coefficient (Wildman–Crippen LogP) is 2.44. The number of hydrogen-bond acceptors (Lipinski definition) is 2. The van der Waals surface area contributed by atoms with Gasteiger partial charge in [-0.25, -0.2) is 0 Å². The molecule has 2 nitrogen and oxygen atoms in total. The number of aryl methyl sites for hydroxylation is 2. The largest absolute Gasteiger partial charge is 0.376 e. The van der Waals surface area contributed by atoms with E-state index in [4.69, 9.17) is 0 Å². The molecule has 0 aromatic heterocycles. The molecule has 0 fully saturated rings. The van der Waals surface area contributed by atoms with E-state index >= 15 is 0 Å². The van der Waals surface area contributed by atoms with Crippen LogP contribution in [0.2, 0.25) is 0 Å². The predicted molar refractivity (Wildman–Crippen MR) is 64.6 cm³/mol. The molecular formula is C12H20N2. The van der Waals surface area contributed by atoms with E-state index in [1.807, 2.05) is 0 Å². The maximum atomic E-state index is 2.24. The summed E-state index contributed by atoms with van der Waals surface area (Å²) < 4.78 is 0. The molecule has 1 rings (SSSR count). The second-order valence-electron chi connectivity index (χ2n) is 4.21. The second kappa shape index (κ2) is 3.91. The Balaban J connectivity index is 3.31. The summed E-state index contributed by atoms with van der Waals surface area (Å²) in [5, 5.41) is 0.